The van der Waals surface area contributed by atoms with Gasteiger partial charge in [-0.2, -0.15) is 0 Å². The van der Waals surface area contributed by atoms with Gasteiger partial charge >= 0.3 is 0 Å². The standard InChI is InChI=1S/C27H35N3O/c1-11-13-22(16-18(3)4)30-19(5)23(12-2)25(20(30)6)26(31)29(10)24-15-14-21(17-28-24)27(7,8)9/h11-17H,2-3H2,1,4-10H3/b13-11-,22-16+. The van der Waals surface area contributed by atoms with Gasteiger partial charge in [-0.25, -0.2) is 4.98 Å². The molecule has 2 rings (SSSR count). The van der Waals surface area contributed by atoms with Crippen LogP contribution in [-0.4, -0.2) is 22.5 Å². The van der Waals surface area contributed by atoms with Crippen LogP contribution in [0.15, 0.2) is 55.3 Å². The van der Waals surface area contributed by atoms with E-state index in [1.807, 2.05) is 64.3 Å². The Morgan fingerprint density at radius 2 is 1.84 bits per heavy atom. The van der Waals surface area contributed by atoms with Crippen LogP contribution in [0.2, 0.25) is 0 Å². The van der Waals surface area contributed by atoms with Crippen LogP contribution in [0.3, 0.4) is 0 Å². The van der Waals surface area contributed by atoms with Crippen molar-refractivity contribution in [3.63, 3.8) is 0 Å². The molecule has 164 valence electrons. The van der Waals surface area contributed by atoms with Gasteiger partial charge in [-0.3, -0.25) is 9.69 Å². The number of anilines is 1. The number of nitrogens with zero attached hydrogens (tertiary/aromatic N) is 3. The molecule has 0 saturated heterocycles. The molecule has 0 radical (unpaired) electrons. The summed E-state index contributed by atoms with van der Waals surface area (Å²) in [5.74, 6) is 0.504. The highest BCUT2D eigenvalue weighted by Gasteiger charge is 2.26. The fourth-order valence-electron chi connectivity index (χ4n) is 3.68. The number of aromatic nitrogens is 2. The predicted octanol–water partition coefficient (Wildman–Crippen LogP) is 6.71. The van der Waals surface area contributed by atoms with Gasteiger partial charge in [-0.15, -0.1) is 0 Å². The van der Waals surface area contributed by atoms with Crippen LogP contribution < -0.4 is 4.90 Å². The van der Waals surface area contributed by atoms with Gasteiger partial charge in [0.25, 0.3) is 5.91 Å². The predicted molar refractivity (Wildman–Crippen MR) is 134 cm³/mol. The number of amides is 1. The summed E-state index contributed by atoms with van der Waals surface area (Å²) in [6.07, 6.45) is 9.61. The molecule has 0 aliphatic heterocycles. The van der Waals surface area contributed by atoms with Crippen LogP contribution in [0.5, 0.6) is 0 Å². The van der Waals surface area contributed by atoms with Crippen molar-refractivity contribution in [3.05, 3.63) is 83.4 Å². The maximum atomic E-state index is 13.6. The van der Waals surface area contributed by atoms with Crippen molar-refractivity contribution >= 4 is 23.5 Å². The third-order valence-electron chi connectivity index (χ3n) is 5.36. The van der Waals surface area contributed by atoms with Crippen LogP contribution in [0.4, 0.5) is 5.82 Å². The molecule has 0 N–H and O–H groups in total. The molecule has 31 heavy (non-hydrogen) atoms. The molecule has 4 heteroatoms. The van der Waals surface area contributed by atoms with Gasteiger partial charge in [0.05, 0.1) is 5.56 Å². The molecule has 0 bridgehead atoms. The van der Waals surface area contributed by atoms with Crippen LogP contribution >= 0.6 is 0 Å². The minimum absolute atomic E-state index is 0.00779. The van der Waals surface area contributed by atoms with Crippen molar-refractivity contribution in [1.29, 1.82) is 0 Å². The minimum atomic E-state index is -0.111. The summed E-state index contributed by atoms with van der Waals surface area (Å²) >= 11 is 0. The lowest BCUT2D eigenvalue weighted by Crippen LogP contribution is -2.28. The Hall–Kier alpha value is -3.14. The highest BCUT2D eigenvalue weighted by atomic mass is 16.2. The molecule has 0 saturated carbocycles. The van der Waals surface area contributed by atoms with Gasteiger partial charge in [0.15, 0.2) is 0 Å². The number of hydrogen-bond donors (Lipinski definition) is 0. The SMILES string of the molecule is C=Cc1c(C(=O)N(C)c2ccc(C(C)(C)C)cn2)c(C)n(C(/C=C\C)=C/C(=C)C)c1C. The molecule has 4 nitrogen and oxygen atoms in total. The molecular formula is C27H35N3O. The number of allylic oxidation sites excluding steroid dienone is 5. The van der Waals surface area contributed by atoms with Crippen LogP contribution in [0.1, 0.15) is 67.5 Å². The molecule has 2 aromatic heterocycles. The molecule has 0 aromatic carbocycles. The summed E-state index contributed by atoms with van der Waals surface area (Å²) < 4.78 is 2.09. The third-order valence-corrected chi connectivity index (χ3v) is 5.36. The molecule has 0 aliphatic carbocycles. The summed E-state index contributed by atoms with van der Waals surface area (Å²) in [6, 6.07) is 3.93. The first-order chi connectivity index (χ1) is 14.4. The highest BCUT2D eigenvalue weighted by molar-refractivity contribution is 6.09. The van der Waals surface area contributed by atoms with E-state index >= 15 is 0 Å². The van der Waals surface area contributed by atoms with Gasteiger partial charge in [-0.1, -0.05) is 57.7 Å². The van der Waals surface area contributed by atoms with Crippen LogP contribution in [0, 0.1) is 13.8 Å². The van der Waals surface area contributed by atoms with E-state index in [1.165, 1.54) is 0 Å². The van der Waals surface area contributed by atoms with Gasteiger partial charge in [-0.05, 0) is 56.9 Å². The summed E-state index contributed by atoms with van der Waals surface area (Å²) in [4.78, 5) is 19.7. The first-order valence-electron chi connectivity index (χ1n) is 10.5. The second kappa shape index (κ2) is 9.34. The summed E-state index contributed by atoms with van der Waals surface area (Å²) in [5, 5.41) is 0. The van der Waals surface area contributed by atoms with Crippen molar-refractivity contribution < 1.29 is 4.79 Å². The van der Waals surface area contributed by atoms with Crippen molar-refractivity contribution in [1.82, 2.24) is 9.55 Å². The molecule has 0 aliphatic rings. The Balaban J connectivity index is 2.59. The van der Waals surface area contributed by atoms with E-state index in [2.05, 4.69) is 43.5 Å². The molecular weight excluding hydrogens is 382 g/mol. The maximum absolute atomic E-state index is 13.6. The van der Waals surface area contributed by atoms with Gasteiger partial charge < -0.3 is 4.57 Å². The second-order valence-electron chi connectivity index (χ2n) is 8.93. The molecule has 0 unspecified atom stereocenters. The first kappa shape index (κ1) is 24.1. The Morgan fingerprint density at radius 3 is 2.29 bits per heavy atom. The Morgan fingerprint density at radius 1 is 1.19 bits per heavy atom. The normalized spacial score (nSPS) is 12.3. The fourth-order valence-corrected chi connectivity index (χ4v) is 3.68. The number of carbonyl (C=O) groups is 1. The summed E-state index contributed by atoms with van der Waals surface area (Å²) in [6.45, 7) is 22.3. The summed E-state index contributed by atoms with van der Waals surface area (Å²) in [5.41, 5.74) is 6.33. The lowest BCUT2D eigenvalue weighted by molar-refractivity contribution is 0.0991. The first-order valence-corrected chi connectivity index (χ1v) is 10.5. The largest absolute Gasteiger partial charge is 0.317 e. The Labute approximate surface area is 187 Å². The van der Waals surface area contributed by atoms with E-state index in [1.54, 1.807) is 18.0 Å². The third kappa shape index (κ3) is 4.96. The molecule has 0 fully saturated rings. The van der Waals surface area contributed by atoms with Crippen molar-refractivity contribution in [3.8, 4) is 0 Å². The number of pyridine rings is 1. The second-order valence-corrected chi connectivity index (χ2v) is 8.93. The van der Waals surface area contributed by atoms with E-state index in [0.717, 1.165) is 33.8 Å². The number of carbonyl (C=O) groups excluding carboxylic acids is 1. The zero-order valence-corrected chi connectivity index (χ0v) is 20.2. The Kier molecular flexibility index (Phi) is 7.27. The number of hydrogen-bond acceptors (Lipinski definition) is 2. The van der Waals surface area contributed by atoms with Crippen LogP contribution in [-0.2, 0) is 5.41 Å². The monoisotopic (exact) mass is 417 g/mol. The molecule has 2 aromatic rings. The van der Waals surface area contributed by atoms with E-state index in [-0.39, 0.29) is 11.3 Å². The van der Waals surface area contributed by atoms with Gasteiger partial charge in [0.2, 0.25) is 0 Å². The average molecular weight is 418 g/mol. The van der Waals surface area contributed by atoms with Crippen molar-refractivity contribution in [2.75, 3.05) is 11.9 Å². The highest BCUT2D eigenvalue weighted by Crippen LogP contribution is 2.30. The lowest BCUT2D eigenvalue weighted by atomic mass is 9.88. The number of rotatable bonds is 6. The average Bonchev–Trinajstić information content (AvgIpc) is 2.95. The zero-order valence-electron chi connectivity index (χ0n) is 20.2. The molecule has 1 amide bonds. The van der Waals surface area contributed by atoms with E-state index < -0.39 is 0 Å². The van der Waals surface area contributed by atoms with E-state index in [9.17, 15) is 4.79 Å². The molecule has 2 heterocycles. The maximum Gasteiger partial charge on any atom is 0.261 e. The van der Waals surface area contributed by atoms with E-state index in [4.69, 9.17) is 0 Å². The van der Waals surface area contributed by atoms with Gasteiger partial charge in [0.1, 0.15) is 5.82 Å². The summed E-state index contributed by atoms with van der Waals surface area (Å²) in [7, 11) is 1.76. The van der Waals surface area contributed by atoms with Crippen molar-refractivity contribution in [2.24, 2.45) is 0 Å². The topological polar surface area (TPSA) is 38.1 Å². The smallest absolute Gasteiger partial charge is 0.261 e. The van der Waals surface area contributed by atoms with Crippen molar-refractivity contribution in [2.45, 2.75) is 53.9 Å². The fraction of sp³-hybridized carbons (Fsp3) is 0.333. The van der Waals surface area contributed by atoms with Gasteiger partial charge in [0, 0.05) is 35.9 Å². The Bertz CT molecular complexity index is 1060. The van der Waals surface area contributed by atoms with Crippen LogP contribution in [0.25, 0.3) is 11.8 Å². The lowest BCUT2D eigenvalue weighted by Gasteiger charge is -2.21. The molecule has 0 atom stereocenters. The van der Waals surface area contributed by atoms with E-state index in [0.29, 0.717) is 11.4 Å². The minimum Gasteiger partial charge on any atom is -0.317 e. The quantitative estimate of drug-likeness (QED) is 0.490. The molecule has 0 spiro atoms. The zero-order chi connectivity index (χ0) is 23.5.